The molecule has 2 aliphatic rings. The number of amides is 1. The second-order valence-electron chi connectivity index (χ2n) is 9.72. The van der Waals surface area contributed by atoms with E-state index in [1.807, 2.05) is 48.2 Å². The van der Waals surface area contributed by atoms with Gasteiger partial charge in [-0.05, 0) is 56.6 Å². The summed E-state index contributed by atoms with van der Waals surface area (Å²) in [5.41, 5.74) is 0.327. The minimum absolute atomic E-state index is 0.0829. The Morgan fingerprint density at radius 2 is 1.74 bits per heavy atom. The van der Waals surface area contributed by atoms with Crippen LogP contribution in [0.5, 0.6) is 5.75 Å². The summed E-state index contributed by atoms with van der Waals surface area (Å²) in [4.78, 5) is 17.8. The van der Waals surface area contributed by atoms with E-state index < -0.39 is 15.4 Å². The number of likely N-dealkylation sites (N-methyl/N-ethyl adjacent to an activating group) is 1. The molecule has 0 aromatic heterocycles. The maximum absolute atomic E-state index is 13.5. The molecule has 2 saturated heterocycles. The summed E-state index contributed by atoms with van der Waals surface area (Å²) in [7, 11) is -1.60. The van der Waals surface area contributed by atoms with Crippen LogP contribution < -0.4 is 4.74 Å². The minimum Gasteiger partial charge on any atom is -0.493 e. The first-order chi connectivity index (χ1) is 16.3. The van der Waals surface area contributed by atoms with Crippen LogP contribution in [0, 0.1) is 12.3 Å². The van der Waals surface area contributed by atoms with Crippen molar-refractivity contribution in [3.05, 3.63) is 60.2 Å². The molecule has 1 atom stereocenters. The summed E-state index contributed by atoms with van der Waals surface area (Å²) in [6.45, 7) is 6.03. The smallest absolute Gasteiger partial charge is 0.243 e. The molecule has 7 nitrogen and oxygen atoms in total. The van der Waals surface area contributed by atoms with Crippen molar-refractivity contribution in [2.24, 2.45) is 5.41 Å². The molecule has 0 aliphatic carbocycles. The van der Waals surface area contributed by atoms with Crippen molar-refractivity contribution in [1.82, 2.24) is 14.1 Å². The fourth-order valence-corrected chi connectivity index (χ4v) is 6.54. The Morgan fingerprint density at radius 3 is 2.44 bits per heavy atom. The lowest BCUT2D eigenvalue weighted by Gasteiger charge is -2.43. The van der Waals surface area contributed by atoms with Gasteiger partial charge in [0.25, 0.3) is 0 Å². The number of aryl methyl sites for hydroxylation is 1. The van der Waals surface area contributed by atoms with Crippen molar-refractivity contribution in [3.63, 3.8) is 0 Å². The van der Waals surface area contributed by atoms with Crippen molar-refractivity contribution >= 4 is 15.9 Å². The van der Waals surface area contributed by atoms with Crippen molar-refractivity contribution in [2.45, 2.75) is 31.1 Å². The number of rotatable bonds is 7. The van der Waals surface area contributed by atoms with Gasteiger partial charge in [-0.2, -0.15) is 4.31 Å². The topological polar surface area (TPSA) is 70.2 Å². The van der Waals surface area contributed by atoms with Gasteiger partial charge < -0.3 is 14.5 Å². The van der Waals surface area contributed by atoms with Gasteiger partial charge in [0.2, 0.25) is 15.9 Å². The van der Waals surface area contributed by atoms with E-state index in [2.05, 4.69) is 11.9 Å². The number of para-hydroxylation sites is 1. The van der Waals surface area contributed by atoms with Gasteiger partial charge in [-0.3, -0.25) is 4.79 Å². The van der Waals surface area contributed by atoms with Crippen molar-refractivity contribution < 1.29 is 17.9 Å². The zero-order valence-corrected chi connectivity index (χ0v) is 21.0. The fourth-order valence-electron chi connectivity index (χ4n) is 4.85. The molecule has 2 heterocycles. The number of hydrogen-bond acceptors (Lipinski definition) is 5. The lowest BCUT2D eigenvalue weighted by atomic mass is 9.78. The summed E-state index contributed by atoms with van der Waals surface area (Å²) in [6.07, 6.45) is 1.72. The Morgan fingerprint density at radius 1 is 1.00 bits per heavy atom. The normalized spacial score (nSPS) is 22.5. The molecule has 0 spiro atoms. The van der Waals surface area contributed by atoms with Crippen LogP contribution >= 0.6 is 0 Å². The highest BCUT2D eigenvalue weighted by Crippen LogP contribution is 2.37. The molecule has 0 N–H and O–H groups in total. The Balaban J connectivity index is 1.56. The lowest BCUT2D eigenvalue weighted by Crippen LogP contribution is -2.53. The molecule has 0 radical (unpaired) electrons. The van der Waals surface area contributed by atoms with Gasteiger partial charge in [0.15, 0.2) is 0 Å². The highest BCUT2D eigenvalue weighted by atomic mass is 32.2. The van der Waals surface area contributed by atoms with E-state index in [9.17, 15) is 13.2 Å². The van der Waals surface area contributed by atoms with Crippen LogP contribution in [0.3, 0.4) is 0 Å². The molecule has 184 valence electrons. The van der Waals surface area contributed by atoms with Crippen LogP contribution in [-0.4, -0.2) is 81.4 Å². The van der Waals surface area contributed by atoms with Gasteiger partial charge in [0, 0.05) is 51.1 Å². The fraction of sp³-hybridized carbons (Fsp3) is 0.500. The van der Waals surface area contributed by atoms with Gasteiger partial charge in [-0.25, -0.2) is 8.42 Å². The number of piperazine rings is 1. The van der Waals surface area contributed by atoms with Gasteiger partial charge in [-0.1, -0.05) is 30.3 Å². The summed E-state index contributed by atoms with van der Waals surface area (Å²) in [6, 6.07) is 16.5. The van der Waals surface area contributed by atoms with Crippen LogP contribution in [-0.2, 0) is 14.8 Å². The molecule has 2 fully saturated rings. The Labute approximate surface area is 203 Å². The molecule has 2 aliphatic heterocycles. The molecular formula is C26H35N3O4S. The highest BCUT2D eigenvalue weighted by Gasteiger charge is 2.43. The van der Waals surface area contributed by atoms with E-state index >= 15 is 0 Å². The molecule has 2 aromatic rings. The van der Waals surface area contributed by atoms with Crippen LogP contribution in [0.2, 0.25) is 0 Å². The van der Waals surface area contributed by atoms with E-state index in [0.29, 0.717) is 37.6 Å². The molecule has 0 bridgehead atoms. The predicted molar refractivity (Wildman–Crippen MR) is 132 cm³/mol. The molecule has 0 saturated carbocycles. The number of nitrogens with zero attached hydrogens (tertiary/aromatic N) is 3. The number of carbonyl (C=O) groups excluding carboxylic acids is 1. The average molecular weight is 486 g/mol. The number of piperidine rings is 1. The van der Waals surface area contributed by atoms with Crippen molar-refractivity contribution in [3.8, 4) is 5.75 Å². The molecule has 4 rings (SSSR count). The first-order valence-corrected chi connectivity index (χ1v) is 13.4. The van der Waals surface area contributed by atoms with E-state index in [1.54, 1.807) is 22.5 Å². The van der Waals surface area contributed by atoms with Crippen molar-refractivity contribution in [2.75, 3.05) is 52.9 Å². The minimum atomic E-state index is -3.66. The van der Waals surface area contributed by atoms with Gasteiger partial charge >= 0.3 is 0 Å². The third kappa shape index (κ3) is 5.79. The van der Waals surface area contributed by atoms with Gasteiger partial charge in [0.05, 0.1) is 11.5 Å². The van der Waals surface area contributed by atoms with Crippen LogP contribution in [0.15, 0.2) is 59.5 Å². The van der Waals surface area contributed by atoms with Crippen molar-refractivity contribution in [1.29, 1.82) is 0 Å². The monoisotopic (exact) mass is 485 g/mol. The molecular weight excluding hydrogens is 450 g/mol. The summed E-state index contributed by atoms with van der Waals surface area (Å²) in [5, 5.41) is 0. The number of hydrogen-bond donors (Lipinski definition) is 0. The maximum atomic E-state index is 13.5. The van der Waals surface area contributed by atoms with Crippen LogP contribution in [0.25, 0.3) is 0 Å². The quantitative estimate of drug-likeness (QED) is 0.603. The zero-order chi connectivity index (χ0) is 24.2. The first-order valence-electron chi connectivity index (χ1n) is 12.0. The average Bonchev–Trinajstić information content (AvgIpc) is 2.84. The third-order valence-electron chi connectivity index (χ3n) is 6.92. The standard InChI is InChI=1S/C26H35N3O4S/c1-22-8-6-11-24(18-22)34(31,32)29-13-7-12-26(20-29,21-33-23-9-4-3-5-10-23)19-25(30)28-16-14-27(2)15-17-28/h3-6,8-11,18H,7,12-17,19-21H2,1-2H3/t26-/m1/s1. The summed E-state index contributed by atoms with van der Waals surface area (Å²) >= 11 is 0. The molecule has 2 aromatic carbocycles. The van der Waals surface area contributed by atoms with E-state index in [4.69, 9.17) is 4.74 Å². The SMILES string of the molecule is Cc1cccc(S(=O)(=O)N2CCC[C@@](COc3ccccc3)(CC(=O)N3CCN(C)CC3)C2)c1. The van der Waals surface area contributed by atoms with E-state index in [1.165, 1.54) is 0 Å². The molecule has 0 unspecified atom stereocenters. The van der Waals surface area contributed by atoms with E-state index in [-0.39, 0.29) is 18.9 Å². The second kappa shape index (κ2) is 10.5. The highest BCUT2D eigenvalue weighted by molar-refractivity contribution is 7.89. The number of carbonyl (C=O) groups is 1. The molecule has 1 amide bonds. The van der Waals surface area contributed by atoms with E-state index in [0.717, 1.165) is 30.8 Å². The maximum Gasteiger partial charge on any atom is 0.243 e. The second-order valence-corrected chi connectivity index (χ2v) is 11.7. The first kappa shape index (κ1) is 24.7. The third-order valence-corrected chi connectivity index (χ3v) is 8.77. The molecule has 34 heavy (non-hydrogen) atoms. The largest absolute Gasteiger partial charge is 0.493 e. The molecule has 8 heteroatoms. The Kier molecular flexibility index (Phi) is 7.60. The van der Waals surface area contributed by atoms with Gasteiger partial charge in [-0.15, -0.1) is 0 Å². The summed E-state index contributed by atoms with van der Waals surface area (Å²) < 4.78 is 34.7. The number of ether oxygens (including phenoxy) is 1. The number of benzene rings is 2. The van der Waals surface area contributed by atoms with Gasteiger partial charge in [0.1, 0.15) is 5.75 Å². The lowest BCUT2D eigenvalue weighted by molar-refractivity contribution is -0.136. The number of sulfonamides is 1. The van der Waals surface area contributed by atoms with Crippen LogP contribution in [0.4, 0.5) is 0 Å². The van der Waals surface area contributed by atoms with Crippen LogP contribution in [0.1, 0.15) is 24.8 Å². The zero-order valence-electron chi connectivity index (χ0n) is 20.2. The summed E-state index contributed by atoms with van der Waals surface area (Å²) in [5.74, 6) is 0.812. The Hall–Kier alpha value is -2.42. The Bertz CT molecular complexity index is 1080. The predicted octanol–water partition coefficient (Wildman–Crippen LogP) is 3.01.